The van der Waals surface area contributed by atoms with E-state index in [0.29, 0.717) is 17.5 Å². The highest BCUT2D eigenvalue weighted by Crippen LogP contribution is 2.35. The van der Waals surface area contributed by atoms with Crippen LogP contribution in [-0.2, 0) is 4.79 Å². The van der Waals surface area contributed by atoms with Gasteiger partial charge >= 0.3 is 12.1 Å². The van der Waals surface area contributed by atoms with Crippen LogP contribution >= 0.6 is 0 Å². The molecule has 1 N–H and O–H groups in total. The van der Waals surface area contributed by atoms with E-state index in [1.165, 1.54) is 0 Å². The molecular formula is C16H10F3N3O5. The first-order chi connectivity index (χ1) is 12.8. The highest BCUT2D eigenvalue weighted by atomic mass is 19.4. The number of nitrogens with zero attached hydrogens (tertiary/aromatic N) is 3. The number of carboxylic acids is 1. The molecule has 0 bridgehead atoms. The minimum atomic E-state index is -5.08. The number of hydrogen-bond acceptors (Lipinski definition) is 7. The molecule has 140 valence electrons. The van der Waals surface area contributed by atoms with Gasteiger partial charge in [-0.05, 0) is 30.3 Å². The van der Waals surface area contributed by atoms with Gasteiger partial charge in [-0.15, -0.1) is 10.2 Å². The van der Waals surface area contributed by atoms with E-state index in [-0.39, 0.29) is 6.79 Å². The van der Waals surface area contributed by atoms with Crippen molar-refractivity contribution in [3.8, 4) is 34.4 Å². The lowest BCUT2D eigenvalue weighted by Gasteiger charge is -1.98. The Morgan fingerprint density at radius 3 is 2.33 bits per heavy atom. The standard InChI is InChI=1S/C14H9N3O3.C2HF3O2/c1-2-10(7-15-5-1)14-17-16-13(20-14)9-3-4-11-12(6-9)19-8-18-11;3-2(4,5)1(6)7/h1-7H,8H2;(H,6,7). The molecule has 8 nitrogen and oxygen atoms in total. The van der Waals surface area contributed by atoms with Crippen LogP contribution in [0.3, 0.4) is 0 Å². The number of rotatable bonds is 2. The van der Waals surface area contributed by atoms with Crippen LogP contribution in [0.1, 0.15) is 0 Å². The second-order valence-corrected chi connectivity index (χ2v) is 5.03. The van der Waals surface area contributed by atoms with E-state index in [2.05, 4.69) is 15.2 Å². The van der Waals surface area contributed by atoms with Crippen molar-refractivity contribution in [3.63, 3.8) is 0 Å². The van der Waals surface area contributed by atoms with Crippen molar-refractivity contribution in [2.24, 2.45) is 0 Å². The lowest BCUT2D eigenvalue weighted by molar-refractivity contribution is -0.192. The fourth-order valence-corrected chi connectivity index (χ4v) is 1.98. The number of aromatic nitrogens is 3. The highest BCUT2D eigenvalue weighted by molar-refractivity contribution is 5.73. The topological polar surface area (TPSA) is 108 Å². The third kappa shape index (κ3) is 4.32. The van der Waals surface area contributed by atoms with Crippen molar-refractivity contribution in [1.29, 1.82) is 0 Å². The molecule has 11 heteroatoms. The summed E-state index contributed by atoms with van der Waals surface area (Å²) in [4.78, 5) is 12.9. The number of hydrogen-bond donors (Lipinski definition) is 1. The summed E-state index contributed by atoms with van der Waals surface area (Å²) >= 11 is 0. The number of pyridine rings is 1. The van der Waals surface area contributed by atoms with Gasteiger partial charge in [-0.1, -0.05) is 0 Å². The van der Waals surface area contributed by atoms with Crippen LogP contribution in [-0.4, -0.2) is 39.2 Å². The van der Waals surface area contributed by atoms with E-state index in [1.54, 1.807) is 12.4 Å². The first kappa shape index (κ1) is 18.2. The molecule has 1 aromatic carbocycles. The molecule has 0 saturated heterocycles. The van der Waals surface area contributed by atoms with Crippen molar-refractivity contribution in [3.05, 3.63) is 42.7 Å². The number of benzene rings is 1. The average Bonchev–Trinajstić information content (AvgIpc) is 3.31. The summed E-state index contributed by atoms with van der Waals surface area (Å²) < 4.78 is 48.0. The van der Waals surface area contributed by atoms with E-state index >= 15 is 0 Å². The van der Waals surface area contributed by atoms with Crippen LogP contribution in [0.2, 0.25) is 0 Å². The van der Waals surface area contributed by atoms with E-state index < -0.39 is 12.1 Å². The van der Waals surface area contributed by atoms with Gasteiger partial charge in [0.1, 0.15) is 0 Å². The van der Waals surface area contributed by atoms with Crippen LogP contribution < -0.4 is 9.47 Å². The molecule has 0 radical (unpaired) electrons. The smallest absolute Gasteiger partial charge is 0.475 e. The molecule has 0 atom stereocenters. The monoisotopic (exact) mass is 381 g/mol. The zero-order chi connectivity index (χ0) is 19.4. The fraction of sp³-hybridized carbons (Fsp3) is 0.125. The lowest BCUT2D eigenvalue weighted by atomic mass is 10.2. The Hall–Kier alpha value is -3.63. The second kappa shape index (κ2) is 7.32. The minimum absolute atomic E-state index is 0.240. The summed E-state index contributed by atoms with van der Waals surface area (Å²) in [7, 11) is 0. The van der Waals surface area contributed by atoms with Crippen LogP contribution in [0, 0.1) is 0 Å². The van der Waals surface area contributed by atoms with Gasteiger partial charge in [-0.2, -0.15) is 13.2 Å². The molecular weight excluding hydrogens is 371 g/mol. The molecule has 0 spiro atoms. The first-order valence-corrected chi connectivity index (χ1v) is 7.28. The third-order valence-electron chi connectivity index (χ3n) is 3.20. The number of halogens is 3. The molecule has 3 aromatic rings. The maximum absolute atomic E-state index is 10.6. The Morgan fingerprint density at radius 1 is 1.04 bits per heavy atom. The van der Waals surface area contributed by atoms with E-state index in [4.69, 9.17) is 23.8 Å². The van der Waals surface area contributed by atoms with Gasteiger partial charge in [0.15, 0.2) is 11.5 Å². The van der Waals surface area contributed by atoms with Gasteiger partial charge in [-0.25, -0.2) is 4.79 Å². The maximum Gasteiger partial charge on any atom is 0.490 e. The molecule has 2 aromatic heterocycles. The molecule has 4 rings (SSSR count). The van der Waals surface area contributed by atoms with Gasteiger partial charge < -0.3 is 19.0 Å². The summed E-state index contributed by atoms with van der Waals surface area (Å²) in [5.74, 6) is -0.482. The van der Waals surface area contributed by atoms with Crippen LogP contribution in [0.25, 0.3) is 22.9 Å². The number of carbonyl (C=O) groups is 1. The SMILES string of the molecule is O=C(O)C(F)(F)F.c1cncc(-c2nnc(-c3ccc4c(c3)OCO4)o2)c1. The molecule has 1 aliphatic heterocycles. The number of ether oxygens (including phenoxy) is 2. The molecule has 1 aliphatic rings. The van der Waals surface area contributed by atoms with Gasteiger partial charge in [0.05, 0.1) is 5.56 Å². The quantitative estimate of drug-likeness (QED) is 0.721. The van der Waals surface area contributed by atoms with Crippen molar-refractivity contribution in [1.82, 2.24) is 15.2 Å². The molecule has 0 fully saturated rings. The highest BCUT2D eigenvalue weighted by Gasteiger charge is 2.38. The summed E-state index contributed by atoms with van der Waals surface area (Å²) in [6.45, 7) is 0.240. The molecule has 0 saturated carbocycles. The van der Waals surface area contributed by atoms with Gasteiger partial charge in [0.2, 0.25) is 18.6 Å². The summed E-state index contributed by atoms with van der Waals surface area (Å²) in [5, 5.41) is 15.2. The summed E-state index contributed by atoms with van der Waals surface area (Å²) in [6, 6.07) is 9.19. The van der Waals surface area contributed by atoms with Crippen molar-refractivity contribution in [2.45, 2.75) is 6.18 Å². The Kier molecular flexibility index (Phi) is 4.92. The number of fused-ring (bicyclic) bond motifs is 1. The van der Waals surface area contributed by atoms with Crippen molar-refractivity contribution >= 4 is 5.97 Å². The normalized spacial score (nSPS) is 12.3. The Morgan fingerprint density at radius 2 is 1.70 bits per heavy atom. The Bertz CT molecular complexity index is 944. The molecule has 27 heavy (non-hydrogen) atoms. The second-order valence-electron chi connectivity index (χ2n) is 5.03. The molecule has 0 amide bonds. The number of aliphatic carboxylic acids is 1. The van der Waals surface area contributed by atoms with Crippen molar-refractivity contribution in [2.75, 3.05) is 6.79 Å². The number of alkyl halides is 3. The average molecular weight is 381 g/mol. The van der Waals surface area contributed by atoms with E-state index in [0.717, 1.165) is 16.9 Å². The molecule has 0 unspecified atom stereocenters. The maximum atomic E-state index is 10.6. The molecule has 0 aliphatic carbocycles. The zero-order valence-corrected chi connectivity index (χ0v) is 13.3. The number of carboxylic acid groups (broad SMARTS) is 1. The fourth-order valence-electron chi connectivity index (χ4n) is 1.98. The largest absolute Gasteiger partial charge is 0.490 e. The van der Waals surface area contributed by atoms with E-state index in [9.17, 15) is 13.2 Å². The van der Waals surface area contributed by atoms with Gasteiger partial charge in [0, 0.05) is 18.0 Å². The van der Waals surface area contributed by atoms with Crippen LogP contribution in [0.4, 0.5) is 13.2 Å². The lowest BCUT2D eigenvalue weighted by Crippen LogP contribution is -2.21. The zero-order valence-electron chi connectivity index (χ0n) is 13.3. The predicted molar refractivity (Wildman–Crippen MR) is 82.8 cm³/mol. The van der Waals surface area contributed by atoms with Crippen LogP contribution in [0.5, 0.6) is 11.5 Å². The Labute approximate surface area is 149 Å². The molecule has 3 heterocycles. The first-order valence-electron chi connectivity index (χ1n) is 7.28. The van der Waals surface area contributed by atoms with Crippen molar-refractivity contribution < 1.29 is 37.0 Å². The predicted octanol–water partition coefficient (Wildman–Crippen LogP) is 3.16. The minimum Gasteiger partial charge on any atom is -0.475 e. The van der Waals surface area contributed by atoms with Crippen LogP contribution in [0.15, 0.2) is 47.1 Å². The summed E-state index contributed by atoms with van der Waals surface area (Å²) in [6.07, 6.45) is -1.71. The van der Waals surface area contributed by atoms with Gasteiger partial charge in [-0.3, -0.25) is 4.98 Å². The Balaban J connectivity index is 0.000000260. The van der Waals surface area contributed by atoms with E-state index in [1.807, 2.05) is 30.3 Å². The summed E-state index contributed by atoms with van der Waals surface area (Å²) in [5.41, 5.74) is 1.57. The van der Waals surface area contributed by atoms with Gasteiger partial charge in [0.25, 0.3) is 0 Å². The third-order valence-corrected chi connectivity index (χ3v) is 3.20.